The quantitative estimate of drug-likeness (QED) is 0.641. The summed E-state index contributed by atoms with van der Waals surface area (Å²) in [6.45, 7) is 11.0. The molecule has 0 N–H and O–H groups in total. The van der Waals surface area contributed by atoms with E-state index in [1.165, 1.54) is 11.1 Å². The van der Waals surface area contributed by atoms with Gasteiger partial charge in [0, 0.05) is 12.3 Å². The van der Waals surface area contributed by atoms with E-state index in [9.17, 15) is 0 Å². The topological polar surface area (TPSA) is 0 Å². The molecule has 0 spiro atoms. The van der Waals surface area contributed by atoms with Crippen molar-refractivity contribution in [3.8, 4) is 11.8 Å². The monoisotopic (exact) mass is 228 g/mol. The minimum Gasteiger partial charge on any atom is -0.103 e. The van der Waals surface area contributed by atoms with E-state index < -0.39 is 0 Å². The Morgan fingerprint density at radius 2 is 1.47 bits per heavy atom. The summed E-state index contributed by atoms with van der Waals surface area (Å²) in [6.07, 6.45) is 0.948. The third kappa shape index (κ3) is 3.93. The van der Waals surface area contributed by atoms with Crippen LogP contribution in [0, 0.1) is 17.8 Å². The summed E-state index contributed by atoms with van der Waals surface area (Å²) >= 11 is 0. The zero-order valence-electron chi connectivity index (χ0n) is 11.7. The van der Waals surface area contributed by atoms with E-state index in [4.69, 9.17) is 0 Å². The maximum Gasteiger partial charge on any atom is 0.0240 e. The predicted octanol–water partition coefficient (Wildman–Crippen LogP) is 4.96. The average molecular weight is 228 g/mol. The molecule has 0 aromatic heterocycles. The normalized spacial score (nSPS) is 14.0. The van der Waals surface area contributed by atoms with E-state index in [1.807, 2.05) is 0 Å². The molecule has 1 rings (SSSR count). The second kappa shape index (κ2) is 6.50. The van der Waals surface area contributed by atoms with Crippen molar-refractivity contribution < 1.29 is 0 Å². The Hall–Kier alpha value is -1.22. The lowest BCUT2D eigenvalue weighted by atomic mass is 9.88. The van der Waals surface area contributed by atoms with Crippen LogP contribution in [0.5, 0.6) is 0 Å². The van der Waals surface area contributed by atoms with Crippen LogP contribution in [0.25, 0.3) is 0 Å². The highest BCUT2D eigenvalue weighted by molar-refractivity contribution is 5.28. The Labute approximate surface area is 106 Å². The molecule has 0 bridgehead atoms. The fourth-order valence-electron chi connectivity index (χ4n) is 1.86. The van der Waals surface area contributed by atoms with Gasteiger partial charge in [0.25, 0.3) is 0 Å². The molecule has 0 radical (unpaired) electrons. The summed E-state index contributed by atoms with van der Waals surface area (Å²) in [4.78, 5) is 0. The highest BCUT2D eigenvalue weighted by Crippen LogP contribution is 2.25. The summed E-state index contributed by atoms with van der Waals surface area (Å²) in [5, 5.41) is 0. The van der Waals surface area contributed by atoms with Crippen LogP contribution in [0.1, 0.15) is 64.0 Å². The molecule has 1 aromatic rings. The van der Waals surface area contributed by atoms with E-state index in [0.29, 0.717) is 17.8 Å². The van der Waals surface area contributed by atoms with Crippen LogP contribution in [0.15, 0.2) is 24.3 Å². The molecule has 0 saturated heterocycles. The number of benzene rings is 1. The molecule has 0 aliphatic rings. The van der Waals surface area contributed by atoms with Crippen molar-refractivity contribution in [2.24, 2.45) is 5.92 Å². The summed E-state index contributed by atoms with van der Waals surface area (Å²) in [5.41, 5.74) is 2.81. The highest BCUT2D eigenvalue weighted by atomic mass is 14.2. The van der Waals surface area contributed by atoms with Gasteiger partial charge in [-0.05, 0) is 23.0 Å². The lowest BCUT2D eigenvalue weighted by Gasteiger charge is -2.16. The number of rotatable bonds is 3. The Morgan fingerprint density at radius 3 is 1.94 bits per heavy atom. The molecule has 0 fully saturated rings. The van der Waals surface area contributed by atoms with Crippen LogP contribution in [0.4, 0.5) is 0 Å². The van der Waals surface area contributed by atoms with E-state index in [2.05, 4.69) is 70.7 Å². The molecule has 0 aliphatic carbocycles. The third-order valence-electron chi connectivity index (χ3n) is 3.39. The Balaban J connectivity index is 2.79. The first kappa shape index (κ1) is 13.8. The molecule has 2 atom stereocenters. The second-order valence-corrected chi connectivity index (χ2v) is 5.07. The van der Waals surface area contributed by atoms with Crippen molar-refractivity contribution in [1.29, 1.82) is 0 Å². The van der Waals surface area contributed by atoms with Gasteiger partial charge in [0.2, 0.25) is 0 Å². The number of hydrogen-bond acceptors (Lipinski definition) is 0. The minimum absolute atomic E-state index is 0.430. The standard InChI is InChI=1S/C17H24/c1-6-7-8-14(4)15(5)17-11-9-16(10-12-17)13(2)3/h9-15H,6H2,1-5H3. The largest absolute Gasteiger partial charge is 0.103 e. The zero-order chi connectivity index (χ0) is 12.8. The lowest BCUT2D eigenvalue weighted by molar-refractivity contribution is 0.609. The molecule has 0 aliphatic heterocycles. The molecular formula is C17H24. The SMILES string of the molecule is CCC#CC(C)C(C)c1ccc(C(C)C)cc1. The molecule has 0 saturated carbocycles. The lowest BCUT2D eigenvalue weighted by Crippen LogP contribution is -2.04. The first-order valence-electron chi connectivity index (χ1n) is 6.64. The molecule has 0 heterocycles. The first-order chi connectivity index (χ1) is 8.06. The summed E-state index contributed by atoms with van der Waals surface area (Å²) in [5.74, 6) is 8.04. The van der Waals surface area contributed by atoms with Gasteiger partial charge in [0.15, 0.2) is 0 Å². The van der Waals surface area contributed by atoms with E-state index in [0.717, 1.165) is 6.42 Å². The second-order valence-electron chi connectivity index (χ2n) is 5.07. The van der Waals surface area contributed by atoms with Gasteiger partial charge in [-0.15, -0.1) is 5.92 Å². The van der Waals surface area contributed by atoms with Crippen LogP contribution in [-0.2, 0) is 0 Å². The van der Waals surface area contributed by atoms with E-state index >= 15 is 0 Å². The van der Waals surface area contributed by atoms with Crippen molar-refractivity contribution in [2.75, 3.05) is 0 Å². The van der Waals surface area contributed by atoms with Gasteiger partial charge in [-0.25, -0.2) is 0 Å². The highest BCUT2D eigenvalue weighted by Gasteiger charge is 2.12. The zero-order valence-corrected chi connectivity index (χ0v) is 11.7. The minimum atomic E-state index is 0.430. The van der Waals surface area contributed by atoms with Gasteiger partial charge in [-0.2, -0.15) is 0 Å². The molecule has 0 amide bonds. The van der Waals surface area contributed by atoms with Crippen molar-refractivity contribution >= 4 is 0 Å². The van der Waals surface area contributed by atoms with Crippen molar-refractivity contribution in [3.05, 3.63) is 35.4 Å². The summed E-state index contributed by atoms with van der Waals surface area (Å²) in [6, 6.07) is 9.00. The molecule has 2 unspecified atom stereocenters. The first-order valence-corrected chi connectivity index (χ1v) is 6.64. The van der Waals surface area contributed by atoms with Gasteiger partial charge in [-0.1, -0.05) is 64.8 Å². The van der Waals surface area contributed by atoms with Crippen LogP contribution in [-0.4, -0.2) is 0 Å². The Kier molecular flexibility index (Phi) is 5.29. The maximum absolute atomic E-state index is 3.32. The Bertz CT molecular complexity index is 386. The fraction of sp³-hybridized carbons (Fsp3) is 0.529. The fourth-order valence-corrected chi connectivity index (χ4v) is 1.86. The van der Waals surface area contributed by atoms with Crippen molar-refractivity contribution in [3.63, 3.8) is 0 Å². The van der Waals surface area contributed by atoms with Gasteiger partial charge < -0.3 is 0 Å². The Morgan fingerprint density at radius 1 is 0.941 bits per heavy atom. The van der Waals surface area contributed by atoms with Crippen molar-refractivity contribution in [1.82, 2.24) is 0 Å². The maximum atomic E-state index is 3.32. The molecule has 17 heavy (non-hydrogen) atoms. The molecule has 0 heteroatoms. The number of hydrogen-bond donors (Lipinski definition) is 0. The molecule has 0 nitrogen and oxygen atoms in total. The van der Waals surface area contributed by atoms with Gasteiger partial charge in [-0.3, -0.25) is 0 Å². The van der Waals surface area contributed by atoms with Crippen LogP contribution in [0.2, 0.25) is 0 Å². The third-order valence-corrected chi connectivity index (χ3v) is 3.39. The molecular weight excluding hydrogens is 204 g/mol. The van der Waals surface area contributed by atoms with Crippen LogP contribution in [0.3, 0.4) is 0 Å². The summed E-state index contributed by atoms with van der Waals surface area (Å²) < 4.78 is 0. The van der Waals surface area contributed by atoms with Crippen molar-refractivity contribution in [2.45, 2.75) is 52.9 Å². The van der Waals surface area contributed by atoms with Crippen LogP contribution < -0.4 is 0 Å². The predicted molar refractivity (Wildman–Crippen MR) is 76.2 cm³/mol. The van der Waals surface area contributed by atoms with Gasteiger partial charge in [0.05, 0.1) is 0 Å². The van der Waals surface area contributed by atoms with E-state index in [1.54, 1.807) is 0 Å². The smallest absolute Gasteiger partial charge is 0.0240 e. The van der Waals surface area contributed by atoms with Gasteiger partial charge in [0.1, 0.15) is 0 Å². The molecule has 92 valence electrons. The summed E-state index contributed by atoms with van der Waals surface area (Å²) in [7, 11) is 0. The van der Waals surface area contributed by atoms with Crippen LogP contribution >= 0.6 is 0 Å². The molecule has 1 aromatic carbocycles. The van der Waals surface area contributed by atoms with E-state index in [-0.39, 0.29) is 0 Å². The average Bonchev–Trinajstić information content (AvgIpc) is 2.35. The van der Waals surface area contributed by atoms with Gasteiger partial charge >= 0.3 is 0 Å².